The monoisotopic (exact) mass is 387 g/mol. The Hall–Kier alpha value is 0.430. The molecule has 1 amide bonds. The Morgan fingerprint density at radius 3 is 2.50 bits per heavy atom. The van der Waals surface area contributed by atoms with Gasteiger partial charge in [0, 0.05) is 39.0 Å². The Kier molecular flexibility index (Phi) is 8.56. The van der Waals surface area contributed by atoms with Crippen molar-refractivity contribution in [2.45, 2.75) is 6.42 Å². The number of carbonyl (C=O) groups is 1. The number of piperazine rings is 1. The van der Waals surface area contributed by atoms with Crippen LogP contribution in [0.4, 0.5) is 0 Å². The van der Waals surface area contributed by atoms with Crippen LogP contribution in [0.15, 0.2) is 0 Å². The summed E-state index contributed by atoms with van der Waals surface area (Å²) in [7, 11) is 5.04. The highest BCUT2D eigenvalue weighted by Gasteiger charge is 2.20. The molecule has 1 aliphatic heterocycles. The zero-order valence-corrected chi connectivity index (χ0v) is 14.1. The zero-order chi connectivity index (χ0) is 13.4. The third-order valence-electron chi connectivity index (χ3n) is 3.14. The topological polar surface area (TPSA) is 36.0 Å². The normalized spacial score (nSPS) is 17.9. The molecule has 0 aliphatic carbocycles. The SMILES string of the molecule is CON(C)C(=O)CN1CCN(CCCSI)CC1. The molecule has 0 atom stereocenters. The van der Waals surface area contributed by atoms with Gasteiger partial charge in [-0.25, -0.2) is 5.06 Å². The summed E-state index contributed by atoms with van der Waals surface area (Å²) in [6, 6.07) is 0. The second-order valence-corrected chi connectivity index (χ2v) is 6.85. The minimum Gasteiger partial charge on any atom is -0.301 e. The lowest BCUT2D eigenvalue weighted by molar-refractivity contribution is -0.170. The number of hydrogen-bond acceptors (Lipinski definition) is 5. The highest BCUT2D eigenvalue weighted by Crippen LogP contribution is 2.12. The van der Waals surface area contributed by atoms with E-state index in [-0.39, 0.29) is 5.91 Å². The number of hydroxylamine groups is 2. The standard InChI is InChI=1S/C11H22IN3O2S/c1-13(17-2)11(16)10-15-7-5-14(6-8-15)4-3-9-18-12/h3-10H2,1-2H3. The molecule has 0 aromatic carbocycles. The van der Waals surface area contributed by atoms with Crippen LogP contribution < -0.4 is 0 Å². The lowest BCUT2D eigenvalue weighted by atomic mass is 10.3. The average molecular weight is 387 g/mol. The van der Waals surface area contributed by atoms with Crippen molar-refractivity contribution in [1.82, 2.24) is 14.9 Å². The van der Waals surface area contributed by atoms with Crippen LogP contribution in [0.25, 0.3) is 0 Å². The van der Waals surface area contributed by atoms with Crippen LogP contribution >= 0.6 is 30.1 Å². The number of nitrogens with zero attached hydrogens (tertiary/aromatic N) is 3. The molecule has 0 N–H and O–H groups in total. The molecule has 5 nitrogen and oxygen atoms in total. The Morgan fingerprint density at radius 2 is 1.94 bits per heavy atom. The molecule has 1 heterocycles. The molecular formula is C11H22IN3O2S. The average Bonchev–Trinajstić information content (AvgIpc) is 2.40. The molecule has 0 radical (unpaired) electrons. The van der Waals surface area contributed by atoms with Gasteiger partial charge in [0.05, 0.1) is 13.7 Å². The number of hydrogen-bond donors (Lipinski definition) is 0. The zero-order valence-electron chi connectivity index (χ0n) is 11.1. The fraction of sp³-hybridized carbons (Fsp3) is 0.909. The van der Waals surface area contributed by atoms with Gasteiger partial charge in [-0.3, -0.25) is 14.5 Å². The largest absolute Gasteiger partial charge is 0.301 e. The van der Waals surface area contributed by atoms with Crippen LogP contribution in [0, 0.1) is 0 Å². The molecule has 0 aromatic heterocycles. The molecule has 7 heteroatoms. The van der Waals surface area contributed by atoms with E-state index in [1.54, 1.807) is 7.05 Å². The van der Waals surface area contributed by atoms with Gasteiger partial charge >= 0.3 is 0 Å². The maximum absolute atomic E-state index is 11.7. The molecular weight excluding hydrogens is 365 g/mol. The van der Waals surface area contributed by atoms with E-state index in [4.69, 9.17) is 4.84 Å². The predicted molar refractivity (Wildman–Crippen MR) is 83.8 cm³/mol. The second kappa shape index (κ2) is 9.35. The second-order valence-electron chi connectivity index (χ2n) is 4.36. The highest BCUT2D eigenvalue weighted by molar-refractivity contribution is 14.2. The first-order chi connectivity index (χ1) is 8.67. The molecule has 18 heavy (non-hydrogen) atoms. The molecule has 0 saturated carbocycles. The summed E-state index contributed by atoms with van der Waals surface area (Å²) in [5.74, 6) is 1.24. The number of likely N-dealkylation sites (N-methyl/N-ethyl adjacent to an activating group) is 1. The Bertz CT molecular complexity index is 250. The van der Waals surface area contributed by atoms with Gasteiger partial charge in [-0.05, 0) is 34.2 Å². The molecule has 0 bridgehead atoms. The van der Waals surface area contributed by atoms with Crippen molar-refractivity contribution in [2.75, 3.05) is 59.2 Å². The maximum atomic E-state index is 11.7. The first-order valence-electron chi connectivity index (χ1n) is 6.16. The van der Waals surface area contributed by atoms with Gasteiger partial charge in [0.2, 0.25) is 0 Å². The fourth-order valence-electron chi connectivity index (χ4n) is 1.91. The number of halogens is 1. The lowest BCUT2D eigenvalue weighted by Gasteiger charge is -2.34. The molecule has 106 valence electrons. The first kappa shape index (κ1) is 16.5. The minimum absolute atomic E-state index is 0.0206. The van der Waals surface area contributed by atoms with Crippen LogP contribution in [0.1, 0.15) is 6.42 Å². The van der Waals surface area contributed by atoms with E-state index < -0.39 is 0 Å². The molecule has 0 unspecified atom stereocenters. The summed E-state index contributed by atoms with van der Waals surface area (Å²) in [6.45, 7) is 5.71. The van der Waals surface area contributed by atoms with Crippen molar-refractivity contribution in [1.29, 1.82) is 0 Å². The van der Waals surface area contributed by atoms with Gasteiger partial charge in [-0.15, -0.1) is 0 Å². The fourth-order valence-corrected chi connectivity index (χ4v) is 3.08. The molecule has 1 saturated heterocycles. The van der Waals surface area contributed by atoms with Crippen LogP contribution in [0.5, 0.6) is 0 Å². The molecule has 0 spiro atoms. The van der Waals surface area contributed by atoms with Crippen LogP contribution in [-0.2, 0) is 9.63 Å². The van der Waals surface area contributed by atoms with E-state index in [0.717, 1.165) is 26.2 Å². The third kappa shape index (κ3) is 6.05. The van der Waals surface area contributed by atoms with Crippen molar-refractivity contribution >= 4 is 36.0 Å². The van der Waals surface area contributed by atoms with E-state index >= 15 is 0 Å². The first-order valence-corrected chi connectivity index (χ1v) is 9.69. The molecule has 1 rings (SSSR count). The quantitative estimate of drug-likeness (QED) is 0.372. The van der Waals surface area contributed by atoms with E-state index in [1.165, 1.54) is 30.9 Å². The van der Waals surface area contributed by atoms with E-state index in [1.807, 2.05) is 8.93 Å². The van der Waals surface area contributed by atoms with E-state index in [9.17, 15) is 4.79 Å². The summed E-state index contributed by atoms with van der Waals surface area (Å²) in [5, 5.41) is 1.30. The lowest BCUT2D eigenvalue weighted by Crippen LogP contribution is -2.49. The van der Waals surface area contributed by atoms with E-state index in [0.29, 0.717) is 6.54 Å². The third-order valence-corrected chi connectivity index (χ3v) is 4.91. The van der Waals surface area contributed by atoms with Gasteiger partial charge in [0.1, 0.15) is 0 Å². The van der Waals surface area contributed by atoms with Gasteiger partial charge in [0.25, 0.3) is 5.91 Å². The summed E-state index contributed by atoms with van der Waals surface area (Å²) in [5.41, 5.74) is 0. The Labute approximate surface area is 126 Å². The van der Waals surface area contributed by atoms with Gasteiger partial charge in [-0.1, -0.05) is 8.93 Å². The summed E-state index contributed by atoms with van der Waals surface area (Å²) < 4.78 is 0. The minimum atomic E-state index is 0.0206. The summed E-state index contributed by atoms with van der Waals surface area (Å²) >= 11 is 2.34. The van der Waals surface area contributed by atoms with Crippen molar-refractivity contribution < 1.29 is 9.63 Å². The predicted octanol–water partition coefficient (Wildman–Crippen LogP) is 1.10. The van der Waals surface area contributed by atoms with Gasteiger partial charge in [0.15, 0.2) is 0 Å². The van der Waals surface area contributed by atoms with Crippen molar-refractivity contribution in [3.8, 4) is 0 Å². The van der Waals surface area contributed by atoms with Crippen molar-refractivity contribution in [2.24, 2.45) is 0 Å². The van der Waals surface area contributed by atoms with Crippen LogP contribution in [0.2, 0.25) is 0 Å². The molecule has 1 aliphatic rings. The summed E-state index contributed by atoms with van der Waals surface area (Å²) in [4.78, 5) is 21.2. The van der Waals surface area contributed by atoms with Crippen LogP contribution in [-0.4, -0.2) is 79.9 Å². The number of carbonyl (C=O) groups excluding carboxylic acids is 1. The summed E-state index contributed by atoms with van der Waals surface area (Å²) in [6.07, 6.45) is 1.25. The molecule has 1 fully saturated rings. The smallest absolute Gasteiger partial charge is 0.259 e. The Balaban J connectivity index is 2.17. The number of rotatable bonds is 7. The van der Waals surface area contributed by atoms with Gasteiger partial charge in [-0.2, -0.15) is 0 Å². The van der Waals surface area contributed by atoms with Crippen molar-refractivity contribution in [3.05, 3.63) is 0 Å². The molecule has 0 aromatic rings. The maximum Gasteiger partial charge on any atom is 0.259 e. The number of amides is 1. The van der Waals surface area contributed by atoms with Gasteiger partial charge < -0.3 is 4.90 Å². The highest BCUT2D eigenvalue weighted by atomic mass is 127. The Morgan fingerprint density at radius 1 is 1.33 bits per heavy atom. The van der Waals surface area contributed by atoms with E-state index in [2.05, 4.69) is 31.0 Å². The van der Waals surface area contributed by atoms with Crippen molar-refractivity contribution in [3.63, 3.8) is 0 Å². The van der Waals surface area contributed by atoms with Crippen LogP contribution in [0.3, 0.4) is 0 Å².